The maximum atomic E-state index is 13.7. The third-order valence-electron chi connectivity index (χ3n) is 3.15. The van der Waals surface area contributed by atoms with Gasteiger partial charge in [0, 0.05) is 24.4 Å². The normalized spacial score (nSPS) is 10.7. The highest BCUT2D eigenvalue weighted by molar-refractivity contribution is 5.56. The number of pyridine rings is 1. The fourth-order valence-electron chi connectivity index (χ4n) is 2.08. The molecule has 4 nitrogen and oxygen atoms in total. The molecule has 0 spiro atoms. The smallest absolute Gasteiger partial charge is 0.146 e. The van der Waals surface area contributed by atoms with Crippen molar-refractivity contribution in [3.63, 3.8) is 0 Å². The molecule has 0 amide bonds. The van der Waals surface area contributed by atoms with Crippen LogP contribution < -0.4 is 10.1 Å². The number of benzene rings is 1. The van der Waals surface area contributed by atoms with E-state index in [1.165, 1.54) is 6.07 Å². The minimum Gasteiger partial charge on any atom is -0.497 e. The van der Waals surface area contributed by atoms with Crippen molar-refractivity contribution < 1.29 is 9.13 Å². The van der Waals surface area contributed by atoms with Crippen LogP contribution in [0.5, 0.6) is 5.75 Å². The lowest BCUT2D eigenvalue weighted by Crippen LogP contribution is -2.01. The van der Waals surface area contributed by atoms with Crippen LogP contribution in [0.1, 0.15) is 5.56 Å². The van der Waals surface area contributed by atoms with Gasteiger partial charge in [0.05, 0.1) is 24.5 Å². The summed E-state index contributed by atoms with van der Waals surface area (Å²) in [6.07, 6.45) is 3.66. The van der Waals surface area contributed by atoms with Crippen LogP contribution in [0.2, 0.25) is 0 Å². The molecule has 0 saturated heterocycles. The molecule has 0 unspecified atom stereocenters. The molecule has 0 radical (unpaired) electrons. The fraction of sp³-hybridized carbons (Fsp3) is 0.133. The van der Waals surface area contributed by atoms with Gasteiger partial charge in [-0.05, 0) is 24.3 Å². The van der Waals surface area contributed by atoms with Crippen molar-refractivity contribution in [3.05, 3.63) is 60.2 Å². The first-order valence-corrected chi connectivity index (χ1v) is 6.26. The molecule has 5 heteroatoms. The largest absolute Gasteiger partial charge is 0.497 e. The van der Waals surface area contributed by atoms with E-state index in [-0.39, 0.29) is 5.82 Å². The lowest BCUT2D eigenvalue weighted by molar-refractivity contribution is 0.414. The van der Waals surface area contributed by atoms with Crippen molar-refractivity contribution in [3.8, 4) is 5.75 Å². The van der Waals surface area contributed by atoms with E-state index < -0.39 is 0 Å². The second kappa shape index (κ2) is 5.21. The number of aromatic nitrogens is 2. The number of hydrogen-bond donors (Lipinski definition) is 1. The number of nitrogens with one attached hydrogen (secondary N) is 1. The Bertz CT molecular complexity index is 739. The number of nitrogens with zero attached hydrogens (tertiary/aromatic N) is 2. The van der Waals surface area contributed by atoms with Gasteiger partial charge in [-0.2, -0.15) is 5.10 Å². The van der Waals surface area contributed by atoms with Gasteiger partial charge in [0.25, 0.3) is 0 Å². The summed E-state index contributed by atoms with van der Waals surface area (Å²) < 4.78 is 20.6. The van der Waals surface area contributed by atoms with E-state index in [0.717, 1.165) is 11.1 Å². The van der Waals surface area contributed by atoms with Crippen molar-refractivity contribution in [1.82, 2.24) is 9.61 Å². The highest BCUT2D eigenvalue weighted by Gasteiger charge is 2.06. The van der Waals surface area contributed by atoms with Crippen molar-refractivity contribution >= 4 is 11.2 Å². The third-order valence-corrected chi connectivity index (χ3v) is 3.15. The van der Waals surface area contributed by atoms with Crippen molar-refractivity contribution in [2.75, 3.05) is 12.4 Å². The molecule has 1 aromatic carbocycles. The highest BCUT2D eigenvalue weighted by atomic mass is 19.1. The second-order valence-corrected chi connectivity index (χ2v) is 4.40. The quantitative estimate of drug-likeness (QED) is 0.792. The van der Waals surface area contributed by atoms with Gasteiger partial charge in [-0.1, -0.05) is 6.07 Å². The predicted octanol–water partition coefficient (Wildman–Crippen LogP) is 3.09. The Morgan fingerprint density at radius 1 is 1.30 bits per heavy atom. The van der Waals surface area contributed by atoms with E-state index >= 15 is 0 Å². The molecule has 2 aromatic heterocycles. The molecule has 0 aliphatic rings. The topological polar surface area (TPSA) is 38.6 Å². The molecule has 0 atom stereocenters. The zero-order chi connectivity index (χ0) is 13.9. The van der Waals surface area contributed by atoms with Crippen molar-refractivity contribution in [2.24, 2.45) is 0 Å². The SMILES string of the molecule is COc1ccc(F)c(NCc2cnn3ccccc23)c1. The van der Waals surface area contributed by atoms with Crippen LogP contribution >= 0.6 is 0 Å². The van der Waals surface area contributed by atoms with E-state index in [4.69, 9.17) is 4.74 Å². The van der Waals surface area contributed by atoms with Gasteiger partial charge in [-0.3, -0.25) is 0 Å². The van der Waals surface area contributed by atoms with Gasteiger partial charge in [0.15, 0.2) is 0 Å². The maximum Gasteiger partial charge on any atom is 0.146 e. The Hall–Kier alpha value is -2.56. The maximum absolute atomic E-state index is 13.7. The number of anilines is 1. The summed E-state index contributed by atoms with van der Waals surface area (Å²) >= 11 is 0. The minimum absolute atomic E-state index is 0.303. The monoisotopic (exact) mass is 271 g/mol. The van der Waals surface area contributed by atoms with Gasteiger partial charge in [0.1, 0.15) is 11.6 Å². The summed E-state index contributed by atoms with van der Waals surface area (Å²) in [6, 6.07) is 10.5. The van der Waals surface area contributed by atoms with E-state index in [1.54, 1.807) is 30.0 Å². The molecule has 0 saturated carbocycles. The molecule has 1 N–H and O–H groups in total. The van der Waals surface area contributed by atoms with Gasteiger partial charge in [-0.25, -0.2) is 8.91 Å². The molecule has 3 rings (SSSR count). The van der Waals surface area contributed by atoms with Gasteiger partial charge < -0.3 is 10.1 Å². The molecule has 3 aromatic rings. The Morgan fingerprint density at radius 2 is 2.20 bits per heavy atom. The van der Waals surface area contributed by atoms with Crippen LogP contribution in [-0.2, 0) is 6.54 Å². The van der Waals surface area contributed by atoms with E-state index in [2.05, 4.69) is 10.4 Å². The third kappa shape index (κ3) is 2.30. The average molecular weight is 271 g/mol. The Labute approximate surface area is 115 Å². The zero-order valence-electron chi connectivity index (χ0n) is 11.0. The molecule has 0 bridgehead atoms. The van der Waals surface area contributed by atoms with Crippen LogP contribution in [-0.4, -0.2) is 16.7 Å². The second-order valence-electron chi connectivity index (χ2n) is 4.40. The Morgan fingerprint density at radius 3 is 3.05 bits per heavy atom. The number of ether oxygens (including phenoxy) is 1. The fourth-order valence-corrected chi connectivity index (χ4v) is 2.08. The first-order chi connectivity index (χ1) is 9.78. The molecule has 2 heterocycles. The van der Waals surface area contributed by atoms with E-state index in [1.807, 2.05) is 24.4 Å². The van der Waals surface area contributed by atoms with Crippen molar-refractivity contribution in [2.45, 2.75) is 6.54 Å². The zero-order valence-corrected chi connectivity index (χ0v) is 11.0. The van der Waals surface area contributed by atoms with Crippen LogP contribution in [0.4, 0.5) is 10.1 Å². The van der Waals surface area contributed by atoms with Crippen LogP contribution in [0.25, 0.3) is 5.52 Å². The van der Waals surface area contributed by atoms with Crippen molar-refractivity contribution in [1.29, 1.82) is 0 Å². The summed E-state index contributed by atoms with van der Waals surface area (Å²) in [6.45, 7) is 0.498. The standard InChI is InChI=1S/C15H14FN3O/c1-20-12-5-6-13(16)14(8-12)17-9-11-10-18-19-7-3-2-4-15(11)19/h2-8,10,17H,9H2,1H3. The Kier molecular flexibility index (Phi) is 3.25. The van der Waals surface area contributed by atoms with E-state index in [0.29, 0.717) is 18.0 Å². The molecular weight excluding hydrogens is 257 g/mol. The number of hydrogen-bond acceptors (Lipinski definition) is 3. The molecule has 0 aliphatic carbocycles. The lowest BCUT2D eigenvalue weighted by atomic mass is 10.2. The highest BCUT2D eigenvalue weighted by Crippen LogP contribution is 2.22. The summed E-state index contributed by atoms with van der Waals surface area (Å²) in [5.74, 6) is 0.316. The van der Waals surface area contributed by atoms with Crippen LogP contribution in [0, 0.1) is 5.82 Å². The summed E-state index contributed by atoms with van der Waals surface area (Å²) in [5, 5.41) is 7.32. The Balaban J connectivity index is 1.83. The minimum atomic E-state index is -0.303. The first-order valence-electron chi connectivity index (χ1n) is 6.26. The predicted molar refractivity (Wildman–Crippen MR) is 75.5 cm³/mol. The van der Waals surface area contributed by atoms with Gasteiger partial charge >= 0.3 is 0 Å². The lowest BCUT2D eigenvalue weighted by Gasteiger charge is -2.08. The number of methoxy groups -OCH3 is 1. The molecule has 0 fully saturated rings. The van der Waals surface area contributed by atoms with Gasteiger partial charge in [0.2, 0.25) is 0 Å². The molecular formula is C15H14FN3O. The van der Waals surface area contributed by atoms with Crippen LogP contribution in [0.15, 0.2) is 48.8 Å². The van der Waals surface area contributed by atoms with E-state index in [9.17, 15) is 4.39 Å². The summed E-state index contributed by atoms with van der Waals surface area (Å²) in [5.41, 5.74) is 2.43. The van der Waals surface area contributed by atoms with Crippen LogP contribution in [0.3, 0.4) is 0 Å². The molecule has 20 heavy (non-hydrogen) atoms. The average Bonchev–Trinajstić information content (AvgIpc) is 2.90. The van der Waals surface area contributed by atoms with Gasteiger partial charge in [-0.15, -0.1) is 0 Å². The summed E-state index contributed by atoms with van der Waals surface area (Å²) in [7, 11) is 1.56. The number of halogens is 1. The molecule has 0 aliphatic heterocycles. The first kappa shape index (κ1) is 12.5. The number of rotatable bonds is 4. The number of fused-ring (bicyclic) bond motifs is 1. The molecule has 102 valence electrons. The summed E-state index contributed by atoms with van der Waals surface area (Å²) in [4.78, 5) is 0.